The van der Waals surface area contributed by atoms with Gasteiger partial charge in [0.25, 0.3) is 0 Å². The van der Waals surface area contributed by atoms with Crippen LogP contribution in [0, 0.1) is 12.8 Å². The molecular formula is C13H21N3S. The van der Waals surface area contributed by atoms with Gasteiger partial charge in [-0.25, -0.2) is 4.98 Å². The zero-order valence-electron chi connectivity index (χ0n) is 11.2. The molecule has 1 atom stereocenters. The van der Waals surface area contributed by atoms with Crippen molar-refractivity contribution in [2.75, 3.05) is 11.9 Å². The van der Waals surface area contributed by atoms with Crippen molar-refractivity contribution in [3.05, 3.63) is 23.4 Å². The third kappa shape index (κ3) is 3.16. The number of hydrogen-bond donors (Lipinski definition) is 1. The average Bonchev–Trinajstić information content (AvgIpc) is 2.26. The van der Waals surface area contributed by atoms with Crippen molar-refractivity contribution in [2.45, 2.75) is 33.7 Å². The molecule has 0 saturated heterocycles. The highest BCUT2D eigenvalue weighted by Crippen LogP contribution is 2.22. The first-order chi connectivity index (χ1) is 7.84. The number of hydrogen-bond acceptors (Lipinski definition) is 3. The summed E-state index contributed by atoms with van der Waals surface area (Å²) >= 11 is 5.08. The van der Waals surface area contributed by atoms with Gasteiger partial charge < -0.3 is 10.6 Å². The maximum atomic E-state index is 5.74. The van der Waals surface area contributed by atoms with Crippen LogP contribution in [0.1, 0.15) is 32.0 Å². The largest absolute Gasteiger partial charge is 0.389 e. The molecule has 0 bridgehead atoms. The SMILES string of the molecule is Cc1ccc(C(N)=S)c(N(C)C(C)C(C)C)n1. The molecule has 0 fully saturated rings. The van der Waals surface area contributed by atoms with Gasteiger partial charge in [0.15, 0.2) is 0 Å². The van der Waals surface area contributed by atoms with E-state index in [0.29, 0.717) is 16.9 Å². The predicted octanol–water partition coefficient (Wildman–Crippen LogP) is 2.50. The second-order valence-corrected chi connectivity index (χ2v) is 5.22. The van der Waals surface area contributed by atoms with Crippen LogP contribution in [0.3, 0.4) is 0 Å². The standard InChI is InChI=1S/C13H21N3S/c1-8(2)10(4)16(5)13-11(12(14)17)7-6-9(3)15-13/h6-8,10H,1-5H3,(H2,14,17). The Morgan fingerprint density at radius 1 is 1.35 bits per heavy atom. The third-order valence-corrected chi connectivity index (χ3v) is 3.41. The van der Waals surface area contributed by atoms with E-state index in [-0.39, 0.29) is 0 Å². The molecule has 1 rings (SSSR count). The van der Waals surface area contributed by atoms with Gasteiger partial charge in [-0.2, -0.15) is 0 Å². The summed E-state index contributed by atoms with van der Waals surface area (Å²) in [6, 6.07) is 4.27. The minimum absolute atomic E-state index is 0.386. The highest BCUT2D eigenvalue weighted by Gasteiger charge is 2.18. The molecule has 94 valence electrons. The Bertz CT molecular complexity index is 415. The lowest BCUT2D eigenvalue weighted by Crippen LogP contribution is -2.35. The van der Waals surface area contributed by atoms with E-state index in [1.54, 1.807) is 0 Å². The molecule has 0 aliphatic carbocycles. The van der Waals surface area contributed by atoms with Crippen molar-refractivity contribution >= 4 is 23.0 Å². The van der Waals surface area contributed by atoms with Gasteiger partial charge in [-0.05, 0) is 31.9 Å². The molecule has 1 unspecified atom stereocenters. The van der Waals surface area contributed by atoms with E-state index in [2.05, 4.69) is 30.7 Å². The first kappa shape index (κ1) is 13.9. The topological polar surface area (TPSA) is 42.1 Å². The van der Waals surface area contributed by atoms with Crippen molar-refractivity contribution in [2.24, 2.45) is 11.7 Å². The number of pyridine rings is 1. The van der Waals surface area contributed by atoms with E-state index in [1.165, 1.54) is 0 Å². The number of aryl methyl sites for hydroxylation is 1. The highest BCUT2D eigenvalue weighted by molar-refractivity contribution is 7.80. The Morgan fingerprint density at radius 3 is 2.41 bits per heavy atom. The maximum Gasteiger partial charge on any atom is 0.139 e. The summed E-state index contributed by atoms with van der Waals surface area (Å²) in [6.45, 7) is 8.54. The van der Waals surface area contributed by atoms with Crippen molar-refractivity contribution in [3.63, 3.8) is 0 Å². The lowest BCUT2D eigenvalue weighted by Gasteiger charge is -2.30. The quantitative estimate of drug-likeness (QED) is 0.835. The molecule has 1 aromatic rings. The molecule has 2 N–H and O–H groups in total. The van der Waals surface area contributed by atoms with E-state index >= 15 is 0 Å². The normalized spacial score (nSPS) is 12.6. The fourth-order valence-electron chi connectivity index (χ4n) is 1.64. The summed E-state index contributed by atoms with van der Waals surface area (Å²) in [5.41, 5.74) is 7.57. The second-order valence-electron chi connectivity index (χ2n) is 4.78. The first-order valence-corrected chi connectivity index (χ1v) is 6.25. The monoisotopic (exact) mass is 251 g/mol. The van der Waals surface area contributed by atoms with Crippen LogP contribution in [-0.2, 0) is 0 Å². The molecule has 4 heteroatoms. The summed E-state index contributed by atoms with van der Waals surface area (Å²) in [6.07, 6.45) is 0. The van der Waals surface area contributed by atoms with Gasteiger partial charge in [0.05, 0.1) is 5.56 Å². The molecule has 0 spiro atoms. The average molecular weight is 251 g/mol. The van der Waals surface area contributed by atoms with Crippen LogP contribution in [-0.4, -0.2) is 23.1 Å². The van der Waals surface area contributed by atoms with E-state index in [9.17, 15) is 0 Å². The van der Waals surface area contributed by atoms with Gasteiger partial charge in [0.2, 0.25) is 0 Å². The van der Waals surface area contributed by atoms with Crippen LogP contribution in [0.25, 0.3) is 0 Å². The summed E-state index contributed by atoms with van der Waals surface area (Å²) < 4.78 is 0. The number of thiocarbonyl (C=S) groups is 1. The van der Waals surface area contributed by atoms with Crippen LogP contribution >= 0.6 is 12.2 Å². The molecule has 0 aromatic carbocycles. The van der Waals surface area contributed by atoms with Gasteiger partial charge in [-0.15, -0.1) is 0 Å². The zero-order valence-corrected chi connectivity index (χ0v) is 12.0. The number of anilines is 1. The number of nitrogens with zero attached hydrogens (tertiary/aromatic N) is 2. The molecule has 0 aliphatic rings. The summed E-state index contributed by atoms with van der Waals surface area (Å²) in [5, 5.41) is 0. The van der Waals surface area contributed by atoms with Gasteiger partial charge in [0, 0.05) is 18.8 Å². The molecular weight excluding hydrogens is 230 g/mol. The summed E-state index contributed by atoms with van der Waals surface area (Å²) in [7, 11) is 2.04. The molecule has 0 amide bonds. The Hall–Kier alpha value is -1.16. The minimum atomic E-state index is 0.386. The van der Waals surface area contributed by atoms with Crippen molar-refractivity contribution in [3.8, 4) is 0 Å². The van der Waals surface area contributed by atoms with Crippen LogP contribution in [0.2, 0.25) is 0 Å². The second kappa shape index (κ2) is 5.45. The smallest absolute Gasteiger partial charge is 0.139 e. The maximum absolute atomic E-state index is 5.74. The van der Waals surface area contributed by atoms with Gasteiger partial charge in [0.1, 0.15) is 10.8 Å². The molecule has 17 heavy (non-hydrogen) atoms. The molecule has 1 heterocycles. The Morgan fingerprint density at radius 2 is 1.94 bits per heavy atom. The first-order valence-electron chi connectivity index (χ1n) is 5.85. The highest BCUT2D eigenvalue weighted by atomic mass is 32.1. The van der Waals surface area contributed by atoms with Crippen molar-refractivity contribution < 1.29 is 0 Å². The fourth-order valence-corrected chi connectivity index (χ4v) is 1.80. The Labute approximate surface area is 109 Å². The van der Waals surface area contributed by atoms with E-state index in [4.69, 9.17) is 18.0 Å². The van der Waals surface area contributed by atoms with Crippen LogP contribution in [0.4, 0.5) is 5.82 Å². The lowest BCUT2D eigenvalue weighted by atomic mass is 10.0. The lowest BCUT2D eigenvalue weighted by molar-refractivity contribution is 0.502. The van der Waals surface area contributed by atoms with Crippen LogP contribution in [0.15, 0.2) is 12.1 Å². The minimum Gasteiger partial charge on any atom is -0.389 e. The zero-order chi connectivity index (χ0) is 13.2. The van der Waals surface area contributed by atoms with E-state index in [1.807, 2.05) is 26.1 Å². The number of rotatable bonds is 4. The molecule has 3 nitrogen and oxygen atoms in total. The summed E-state index contributed by atoms with van der Waals surface area (Å²) in [5.74, 6) is 1.42. The number of nitrogens with two attached hydrogens (primary N) is 1. The fraction of sp³-hybridized carbons (Fsp3) is 0.538. The van der Waals surface area contributed by atoms with Crippen molar-refractivity contribution in [1.82, 2.24) is 4.98 Å². The van der Waals surface area contributed by atoms with E-state index < -0.39 is 0 Å². The summed E-state index contributed by atoms with van der Waals surface area (Å²) in [4.78, 5) is 7.10. The van der Waals surface area contributed by atoms with Gasteiger partial charge >= 0.3 is 0 Å². The van der Waals surface area contributed by atoms with E-state index in [0.717, 1.165) is 17.1 Å². The van der Waals surface area contributed by atoms with Gasteiger partial charge in [-0.3, -0.25) is 0 Å². The predicted molar refractivity (Wildman–Crippen MR) is 77.6 cm³/mol. The third-order valence-electron chi connectivity index (χ3n) is 3.19. The number of aromatic nitrogens is 1. The Balaban J connectivity index is 3.19. The Kier molecular flexibility index (Phi) is 4.46. The molecule has 0 radical (unpaired) electrons. The molecule has 0 aliphatic heterocycles. The van der Waals surface area contributed by atoms with Crippen LogP contribution in [0.5, 0.6) is 0 Å². The molecule has 0 saturated carbocycles. The molecule has 1 aromatic heterocycles. The van der Waals surface area contributed by atoms with Crippen molar-refractivity contribution in [1.29, 1.82) is 0 Å². The van der Waals surface area contributed by atoms with Crippen LogP contribution < -0.4 is 10.6 Å². The van der Waals surface area contributed by atoms with Gasteiger partial charge in [-0.1, -0.05) is 26.1 Å².